The molecule has 0 aliphatic carbocycles. The van der Waals surface area contributed by atoms with Crippen LogP contribution in [0.25, 0.3) is 0 Å². The average Bonchev–Trinajstić information content (AvgIpc) is 2.51. The molecule has 0 aliphatic rings. The zero-order chi connectivity index (χ0) is 14.9. The van der Waals surface area contributed by atoms with Crippen molar-refractivity contribution in [2.75, 3.05) is 0 Å². The Morgan fingerprint density at radius 1 is 0.773 bits per heavy atom. The van der Waals surface area contributed by atoms with E-state index < -0.39 is 0 Å². The van der Waals surface area contributed by atoms with Gasteiger partial charge in [-0.05, 0) is 0 Å². The lowest BCUT2D eigenvalue weighted by Crippen LogP contribution is -3.00. The third kappa shape index (κ3) is 5.49. The molecule has 2 aromatic heterocycles. The summed E-state index contributed by atoms with van der Waals surface area (Å²) in [5, 5.41) is 22.9. The van der Waals surface area contributed by atoms with E-state index >= 15 is 0 Å². The van der Waals surface area contributed by atoms with Crippen LogP contribution in [0.5, 0.6) is 0 Å². The van der Waals surface area contributed by atoms with Crippen LogP contribution in [0, 0.1) is 0 Å². The summed E-state index contributed by atoms with van der Waals surface area (Å²) < 4.78 is 4.17. The van der Waals surface area contributed by atoms with Gasteiger partial charge >= 0.3 is 0 Å². The van der Waals surface area contributed by atoms with Gasteiger partial charge in [0.1, 0.15) is 0 Å². The SMILES string of the molecule is O/N=C\c1cc[n+](CCC[n+]2ccc(/C=N\O)cc2)cc1.[Cl-]. The van der Waals surface area contributed by atoms with Crippen molar-refractivity contribution in [1.29, 1.82) is 0 Å². The van der Waals surface area contributed by atoms with E-state index in [1.807, 2.05) is 49.1 Å². The molecule has 0 saturated heterocycles. The topological polar surface area (TPSA) is 72.9 Å². The van der Waals surface area contributed by atoms with Gasteiger partial charge in [0.25, 0.3) is 0 Å². The summed E-state index contributed by atoms with van der Waals surface area (Å²) in [6.45, 7) is 1.81. The number of rotatable bonds is 6. The van der Waals surface area contributed by atoms with Crippen LogP contribution < -0.4 is 21.5 Å². The quantitative estimate of drug-likeness (QED) is 0.279. The zero-order valence-electron chi connectivity index (χ0n) is 12.0. The summed E-state index contributed by atoms with van der Waals surface area (Å²) >= 11 is 0. The molecule has 0 saturated carbocycles. The minimum Gasteiger partial charge on any atom is -1.00 e. The monoisotopic (exact) mass is 321 g/mol. The van der Waals surface area contributed by atoms with Crippen molar-refractivity contribution in [3.05, 3.63) is 60.2 Å². The first-order valence-corrected chi connectivity index (χ1v) is 6.65. The molecular formula is C15H18ClN4O2+. The molecule has 2 aromatic rings. The highest BCUT2D eigenvalue weighted by Gasteiger charge is 2.04. The molecule has 116 valence electrons. The number of hydrogen-bond acceptors (Lipinski definition) is 4. The van der Waals surface area contributed by atoms with E-state index in [1.54, 1.807) is 0 Å². The second-order valence-electron chi connectivity index (χ2n) is 4.58. The van der Waals surface area contributed by atoms with Crippen molar-refractivity contribution < 1.29 is 32.0 Å². The molecule has 0 unspecified atom stereocenters. The first kappa shape index (κ1) is 17.6. The Morgan fingerprint density at radius 2 is 1.14 bits per heavy atom. The molecule has 0 radical (unpaired) electrons. The lowest BCUT2D eigenvalue weighted by molar-refractivity contribution is -0.726. The van der Waals surface area contributed by atoms with Gasteiger partial charge in [-0.3, -0.25) is 0 Å². The van der Waals surface area contributed by atoms with Crippen LogP contribution in [-0.4, -0.2) is 22.8 Å². The highest BCUT2D eigenvalue weighted by Crippen LogP contribution is 1.92. The van der Waals surface area contributed by atoms with Crippen molar-refractivity contribution in [2.45, 2.75) is 19.5 Å². The predicted molar refractivity (Wildman–Crippen MR) is 76.7 cm³/mol. The number of hydrogen-bond donors (Lipinski definition) is 2. The molecule has 0 atom stereocenters. The van der Waals surface area contributed by atoms with Crippen molar-refractivity contribution in [3.63, 3.8) is 0 Å². The van der Waals surface area contributed by atoms with Crippen LogP contribution in [0.15, 0.2) is 59.4 Å². The molecule has 0 amide bonds. The predicted octanol–water partition coefficient (Wildman–Crippen LogP) is -2.03. The van der Waals surface area contributed by atoms with Gasteiger partial charge in [-0.1, -0.05) is 10.3 Å². The van der Waals surface area contributed by atoms with Gasteiger partial charge in [-0.25, -0.2) is 9.13 Å². The van der Waals surface area contributed by atoms with Gasteiger partial charge in [0.15, 0.2) is 37.9 Å². The Kier molecular flexibility index (Phi) is 7.56. The van der Waals surface area contributed by atoms with Crippen molar-refractivity contribution >= 4 is 12.4 Å². The van der Waals surface area contributed by atoms with E-state index in [-0.39, 0.29) is 12.4 Å². The molecule has 0 bridgehead atoms. The van der Waals surface area contributed by atoms with E-state index in [0.29, 0.717) is 0 Å². The second-order valence-corrected chi connectivity index (χ2v) is 4.58. The van der Waals surface area contributed by atoms with Crippen LogP contribution in [0.1, 0.15) is 17.5 Å². The maximum absolute atomic E-state index is 8.45. The minimum absolute atomic E-state index is 0. The number of halogens is 1. The van der Waals surface area contributed by atoms with Gasteiger partial charge in [0.05, 0.1) is 18.9 Å². The number of aromatic nitrogens is 2. The second kappa shape index (κ2) is 9.46. The summed E-state index contributed by atoms with van der Waals surface area (Å²) in [5.74, 6) is 0. The Labute approximate surface area is 135 Å². The van der Waals surface area contributed by atoms with Gasteiger partial charge < -0.3 is 22.8 Å². The normalized spacial score (nSPS) is 10.9. The Bertz CT molecular complexity index is 557. The molecular weight excluding hydrogens is 304 g/mol. The van der Waals surface area contributed by atoms with E-state index in [4.69, 9.17) is 10.4 Å². The first-order valence-electron chi connectivity index (χ1n) is 6.65. The highest BCUT2D eigenvalue weighted by atomic mass is 35.5. The Hall–Kier alpha value is -2.47. The van der Waals surface area contributed by atoms with E-state index in [2.05, 4.69) is 19.4 Å². The molecule has 2 rings (SSSR count). The summed E-state index contributed by atoms with van der Waals surface area (Å²) in [7, 11) is 0. The lowest BCUT2D eigenvalue weighted by atomic mass is 10.3. The van der Waals surface area contributed by atoms with Gasteiger partial charge in [0, 0.05) is 35.4 Å². The fraction of sp³-hybridized carbons (Fsp3) is 0.200. The molecule has 7 heteroatoms. The van der Waals surface area contributed by atoms with Gasteiger partial charge in [-0.2, -0.15) is 0 Å². The summed E-state index contributed by atoms with van der Waals surface area (Å²) in [6, 6.07) is 7.59. The third-order valence-corrected chi connectivity index (χ3v) is 3.08. The van der Waals surface area contributed by atoms with Crippen LogP contribution in [0.3, 0.4) is 0 Å². The first-order chi connectivity index (χ1) is 10.3. The van der Waals surface area contributed by atoms with Crippen LogP contribution >= 0.6 is 0 Å². The molecule has 22 heavy (non-hydrogen) atoms. The summed E-state index contributed by atoms with van der Waals surface area (Å²) in [6.07, 6.45) is 11.6. The number of nitrogens with zero attached hydrogens (tertiary/aromatic N) is 4. The molecule has 0 spiro atoms. The van der Waals surface area contributed by atoms with Crippen molar-refractivity contribution in [1.82, 2.24) is 0 Å². The Balaban J connectivity index is 0.00000242. The fourth-order valence-electron chi connectivity index (χ4n) is 1.98. The smallest absolute Gasteiger partial charge is 0.169 e. The molecule has 0 aliphatic heterocycles. The van der Waals surface area contributed by atoms with Crippen LogP contribution in [-0.2, 0) is 13.1 Å². The minimum atomic E-state index is 0. The molecule has 2 N–H and O–H groups in total. The summed E-state index contributed by atoms with van der Waals surface area (Å²) in [5.41, 5.74) is 1.73. The standard InChI is InChI=1S/C15H16N4O2.ClH/c20-16-12-14-2-8-18(9-3-14)6-1-7-19-10-4-15(5-11-19)13-17-21;/h2-5,8-13H,1,6-7H2;1H/p+1. The van der Waals surface area contributed by atoms with E-state index in [9.17, 15) is 0 Å². The maximum Gasteiger partial charge on any atom is 0.169 e. The van der Waals surface area contributed by atoms with Crippen LogP contribution in [0.2, 0.25) is 0 Å². The van der Waals surface area contributed by atoms with E-state index in [0.717, 1.165) is 30.6 Å². The fourth-order valence-corrected chi connectivity index (χ4v) is 1.98. The molecule has 0 aromatic carbocycles. The number of pyridine rings is 2. The van der Waals surface area contributed by atoms with Gasteiger partial charge in [-0.15, -0.1) is 0 Å². The number of oxime groups is 2. The van der Waals surface area contributed by atoms with Crippen molar-refractivity contribution in [3.8, 4) is 0 Å². The number of aryl methyl sites for hydroxylation is 2. The van der Waals surface area contributed by atoms with E-state index in [1.165, 1.54) is 12.4 Å². The van der Waals surface area contributed by atoms with Crippen LogP contribution in [0.4, 0.5) is 0 Å². The van der Waals surface area contributed by atoms with Crippen molar-refractivity contribution in [2.24, 2.45) is 10.3 Å². The largest absolute Gasteiger partial charge is 1.00 e. The molecule has 2 heterocycles. The lowest BCUT2D eigenvalue weighted by Gasteiger charge is -1.97. The zero-order valence-corrected chi connectivity index (χ0v) is 12.7. The highest BCUT2D eigenvalue weighted by molar-refractivity contribution is 5.78. The van der Waals surface area contributed by atoms with Gasteiger partial charge in [0.2, 0.25) is 0 Å². The summed E-state index contributed by atoms with van der Waals surface area (Å²) in [4.78, 5) is 0. The Morgan fingerprint density at radius 3 is 1.45 bits per heavy atom. The third-order valence-electron chi connectivity index (χ3n) is 3.08. The molecule has 0 fully saturated rings. The maximum atomic E-state index is 8.45. The average molecular weight is 322 g/mol. The molecule has 6 nitrogen and oxygen atoms in total.